The molecule has 1 aliphatic heterocycles. The van der Waals surface area contributed by atoms with Crippen molar-refractivity contribution in [3.05, 3.63) is 12.4 Å². The van der Waals surface area contributed by atoms with Crippen molar-refractivity contribution in [2.24, 2.45) is 11.7 Å². The summed E-state index contributed by atoms with van der Waals surface area (Å²) in [4.78, 5) is 0.213. The van der Waals surface area contributed by atoms with Gasteiger partial charge in [-0.3, -0.25) is 5.10 Å². The Kier molecular flexibility index (Phi) is 3.50. The zero-order valence-electron chi connectivity index (χ0n) is 9.83. The molecule has 1 saturated heterocycles. The summed E-state index contributed by atoms with van der Waals surface area (Å²) in [6.45, 7) is 3.03. The highest BCUT2D eigenvalue weighted by atomic mass is 32.2. The summed E-state index contributed by atoms with van der Waals surface area (Å²) in [5, 5.41) is 6.22. The van der Waals surface area contributed by atoms with Crippen molar-refractivity contribution in [1.82, 2.24) is 14.5 Å². The van der Waals surface area contributed by atoms with Crippen LogP contribution in [0.5, 0.6) is 0 Å². The van der Waals surface area contributed by atoms with Gasteiger partial charge in [-0.15, -0.1) is 0 Å². The number of nitrogens with one attached hydrogen (secondary N) is 1. The number of hydrogen-bond donors (Lipinski definition) is 2. The molecule has 96 valence electrons. The summed E-state index contributed by atoms with van der Waals surface area (Å²) in [6.07, 6.45) is 4.45. The second kappa shape index (κ2) is 4.75. The number of H-pyrrole nitrogens is 1. The number of nitrogens with two attached hydrogens (primary N) is 1. The Morgan fingerprint density at radius 3 is 3.00 bits per heavy atom. The average Bonchev–Trinajstić information content (AvgIpc) is 2.82. The molecule has 3 N–H and O–H groups in total. The number of nitrogens with zero attached hydrogens (tertiary/aromatic N) is 2. The van der Waals surface area contributed by atoms with E-state index in [0.29, 0.717) is 19.0 Å². The summed E-state index contributed by atoms with van der Waals surface area (Å²) in [7, 11) is -3.44. The summed E-state index contributed by atoms with van der Waals surface area (Å²) in [6, 6.07) is -0.0985. The molecule has 2 unspecified atom stereocenters. The van der Waals surface area contributed by atoms with Gasteiger partial charge in [-0.05, 0) is 18.8 Å². The smallest absolute Gasteiger partial charge is 0.246 e. The molecular formula is C10H18N4O2S. The summed E-state index contributed by atoms with van der Waals surface area (Å²) >= 11 is 0. The summed E-state index contributed by atoms with van der Waals surface area (Å²) < 4.78 is 26.2. The normalized spacial score (nSPS) is 27.2. The Balaban J connectivity index is 2.27. The van der Waals surface area contributed by atoms with Gasteiger partial charge in [-0.1, -0.05) is 6.92 Å². The molecule has 0 aromatic carbocycles. The van der Waals surface area contributed by atoms with Crippen LogP contribution >= 0.6 is 0 Å². The number of aromatic nitrogens is 2. The van der Waals surface area contributed by atoms with E-state index in [9.17, 15) is 8.42 Å². The van der Waals surface area contributed by atoms with Gasteiger partial charge >= 0.3 is 0 Å². The Labute approximate surface area is 101 Å². The highest BCUT2D eigenvalue weighted by molar-refractivity contribution is 7.89. The van der Waals surface area contributed by atoms with Gasteiger partial charge in [0, 0.05) is 25.3 Å². The molecule has 1 fully saturated rings. The zero-order chi connectivity index (χ0) is 12.5. The number of hydrogen-bond acceptors (Lipinski definition) is 4. The van der Waals surface area contributed by atoms with Crippen molar-refractivity contribution in [3.8, 4) is 0 Å². The Hall–Kier alpha value is -0.920. The quantitative estimate of drug-likeness (QED) is 0.807. The third-order valence-electron chi connectivity index (χ3n) is 3.28. The highest BCUT2D eigenvalue weighted by Crippen LogP contribution is 2.27. The minimum absolute atomic E-state index is 0.0985. The Morgan fingerprint density at radius 1 is 1.65 bits per heavy atom. The lowest BCUT2D eigenvalue weighted by molar-refractivity contribution is 0.211. The van der Waals surface area contributed by atoms with Crippen molar-refractivity contribution in [3.63, 3.8) is 0 Å². The van der Waals surface area contributed by atoms with Gasteiger partial charge in [0.05, 0.1) is 6.20 Å². The molecule has 7 heteroatoms. The van der Waals surface area contributed by atoms with Gasteiger partial charge in [0.1, 0.15) is 4.90 Å². The third-order valence-corrected chi connectivity index (χ3v) is 5.19. The highest BCUT2D eigenvalue weighted by Gasteiger charge is 2.35. The first-order chi connectivity index (χ1) is 8.05. The van der Waals surface area contributed by atoms with E-state index in [1.54, 1.807) is 0 Å². The number of aromatic amines is 1. The maximum absolute atomic E-state index is 12.3. The van der Waals surface area contributed by atoms with Crippen LogP contribution in [0.2, 0.25) is 0 Å². The van der Waals surface area contributed by atoms with Crippen LogP contribution in [0.15, 0.2) is 17.3 Å². The lowest BCUT2D eigenvalue weighted by Gasteiger charge is -2.36. The Bertz CT molecular complexity index is 457. The third kappa shape index (κ3) is 2.36. The molecule has 0 bridgehead atoms. The van der Waals surface area contributed by atoms with Crippen LogP contribution in [-0.4, -0.2) is 42.1 Å². The van der Waals surface area contributed by atoms with E-state index < -0.39 is 10.0 Å². The van der Waals surface area contributed by atoms with Gasteiger partial charge in [0.2, 0.25) is 10.0 Å². The van der Waals surface area contributed by atoms with Gasteiger partial charge in [-0.2, -0.15) is 9.40 Å². The van der Waals surface area contributed by atoms with Crippen molar-refractivity contribution < 1.29 is 8.42 Å². The fraction of sp³-hybridized carbons (Fsp3) is 0.700. The lowest BCUT2D eigenvalue weighted by atomic mass is 9.94. The van der Waals surface area contributed by atoms with Crippen molar-refractivity contribution in [1.29, 1.82) is 0 Å². The van der Waals surface area contributed by atoms with Crippen LogP contribution in [0.25, 0.3) is 0 Å². The summed E-state index contributed by atoms with van der Waals surface area (Å²) in [5.74, 6) is 0.527. The second-order valence-electron chi connectivity index (χ2n) is 4.57. The predicted molar refractivity (Wildman–Crippen MR) is 63.7 cm³/mol. The van der Waals surface area contributed by atoms with E-state index in [-0.39, 0.29) is 10.9 Å². The summed E-state index contributed by atoms with van der Waals surface area (Å²) in [5.41, 5.74) is 5.68. The van der Waals surface area contributed by atoms with Crippen molar-refractivity contribution >= 4 is 10.0 Å². The SMILES string of the molecule is CC1CCN(S(=O)(=O)c2cn[nH]c2)C(CN)C1. The molecule has 1 aliphatic rings. The zero-order valence-corrected chi connectivity index (χ0v) is 10.7. The van der Waals surface area contributed by atoms with Crippen LogP contribution in [0, 0.1) is 5.92 Å². The largest absolute Gasteiger partial charge is 0.329 e. The predicted octanol–water partition coefficient (Wildman–Crippen LogP) is 0.158. The van der Waals surface area contributed by atoms with Gasteiger partial charge in [-0.25, -0.2) is 8.42 Å². The molecular weight excluding hydrogens is 240 g/mol. The van der Waals surface area contributed by atoms with E-state index >= 15 is 0 Å². The molecule has 2 heterocycles. The standard InChI is InChI=1S/C10H18N4O2S/c1-8-2-3-14(9(4-8)5-11)17(15,16)10-6-12-13-7-10/h6-9H,2-5,11H2,1H3,(H,12,13). The van der Waals surface area contributed by atoms with Gasteiger partial charge in [0.15, 0.2) is 0 Å². The van der Waals surface area contributed by atoms with Crippen LogP contribution in [0.4, 0.5) is 0 Å². The van der Waals surface area contributed by atoms with Gasteiger partial charge in [0.25, 0.3) is 0 Å². The van der Waals surface area contributed by atoms with Crippen molar-refractivity contribution in [2.75, 3.05) is 13.1 Å². The molecule has 0 radical (unpaired) electrons. The molecule has 1 aromatic rings. The fourth-order valence-corrected chi connectivity index (χ4v) is 3.84. The molecule has 6 nitrogen and oxygen atoms in total. The van der Waals surface area contributed by atoms with Crippen LogP contribution in [-0.2, 0) is 10.0 Å². The van der Waals surface area contributed by atoms with E-state index in [1.807, 2.05) is 0 Å². The average molecular weight is 258 g/mol. The molecule has 1 aromatic heterocycles. The first kappa shape index (κ1) is 12.5. The first-order valence-corrected chi connectivity index (χ1v) is 7.20. The van der Waals surface area contributed by atoms with E-state index in [0.717, 1.165) is 12.8 Å². The minimum atomic E-state index is -3.44. The lowest BCUT2D eigenvalue weighted by Crippen LogP contribution is -2.49. The molecule has 2 atom stereocenters. The molecule has 0 spiro atoms. The van der Waals surface area contributed by atoms with Crippen molar-refractivity contribution in [2.45, 2.75) is 30.7 Å². The van der Waals surface area contributed by atoms with E-state index in [4.69, 9.17) is 5.73 Å². The monoisotopic (exact) mass is 258 g/mol. The van der Waals surface area contributed by atoms with Crippen LogP contribution in [0.1, 0.15) is 19.8 Å². The number of rotatable bonds is 3. The topological polar surface area (TPSA) is 92.1 Å². The molecule has 17 heavy (non-hydrogen) atoms. The fourth-order valence-electron chi connectivity index (χ4n) is 2.28. The van der Waals surface area contributed by atoms with Gasteiger partial charge < -0.3 is 5.73 Å². The van der Waals surface area contributed by atoms with E-state index in [1.165, 1.54) is 16.7 Å². The first-order valence-electron chi connectivity index (χ1n) is 5.76. The maximum atomic E-state index is 12.3. The Morgan fingerprint density at radius 2 is 2.41 bits per heavy atom. The van der Waals surface area contributed by atoms with E-state index in [2.05, 4.69) is 17.1 Å². The molecule has 0 aliphatic carbocycles. The van der Waals surface area contributed by atoms with Crippen LogP contribution in [0.3, 0.4) is 0 Å². The van der Waals surface area contributed by atoms with Crippen LogP contribution < -0.4 is 5.73 Å². The molecule has 0 saturated carbocycles. The molecule has 0 amide bonds. The maximum Gasteiger partial charge on any atom is 0.246 e. The number of sulfonamides is 1. The minimum Gasteiger partial charge on any atom is -0.329 e. The molecule has 2 rings (SSSR count). The second-order valence-corrected chi connectivity index (χ2v) is 6.46. The number of piperidine rings is 1.